The number of hydrogen-bond acceptors (Lipinski definition) is 6. The average molecular weight is 363 g/mol. The average Bonchev–Trinajstić information content (AvgIpc) is 3.14. The van der Waals surface area contributed by atoms with Gasteiger partial charge in [0.25, 0.3) is 0 Å². The van der Waals surface area contributed by atoms with Crippen molar-refractivity contribution in [2.45, 2.75) is 25.7 Å². The van der Waals surface area contributed by atoms with Crippen LogP contribution in [0, 0.1) is 6.92 Å². The number of fused-ring (bicyclic) bond motifs is 1. The molecule has 0 fully saturated rings. The van der Waals surface area contributed by atoms with E-state index in [9.17, 15) is 4.79 Å². The minimum absolute atomic E-state index is 0.0000535. The molecule has 0 spiro atoms. The molecule has 7 nitrogen and oxygen atoms in total. The Bertz CT molecular complexity index is 1050. The second-order valence-electron chi connectivity index (χ2n) is 6.67. The maximum atomic E-state index is 11.7. The molecule has 3 aromatic rings. The van der Waals surface area contributed by atoms with Gasteiger partial charge in [-0.3, -0.25) is 4.79 Å². The Morgan fingerprint density at radius 1 is 1.37 bits per heavy atom. The first-order valence-electron chi connectivity index (χ1n) is 8.81. The Morgan fingerprint density at radius 3 is 3.00 bits per heavy atom. The van der Waals surface area contributed by atoms with Crippen LogP contribution in [0.4, 0.5) is 11.5 Å². The molecule has 0 amide bonds. The van der Waals surface area contributed by atoms with Crippen molar-refractivity contribution in [2.75, 3.05) is 12.4 Å². The number of nitrogens with two attached hydrogens (primary N) is 1. The summed E-state index contributed by atoms with van der Waals surface area (Å²) in [4.78, 5) is 20.9. The molecule has 1 aliphatic carbocycles. The number of aryl methyl sites for hydroxylation is 1. The molecular formula is C20H21N5O2. The van der Waals surface area contributed by atoms with Crippen molar-refractivity contribution < 1.29 is 9.53 Å². The SMILES string of the molecule is COc1cc(Nc2nc(C3C=C(N)C(=O)CC3)cn3ccnc23)ccc1C. The summed E-state index contributed by atoms with van der Waals surface area (Å²) in [6.45, 7) is 2.00. The van der Waals surface area contributed by atoms with E-state index >= 15 is 0 Å². The van der Waals surface area contributed by atoms with Gasteiger partial charge in [-0.05, 0) is 31.1 Å². The monoisotopic (exact) mass is 363 g/mol. The van der Waals surface area contributed by atoms with Crippen LogP contribution in [0.2, 0.25) is 0 Å². The third kappa shape index (κ3) is 3.23. The molecule has 138 valence electrons. The zero-order valence-electron chi connectivity index (χ0n) is 15.3. The van der Waals surface area contributed by atoms with Gasteiger partial charge < -0.3 is 20.2 Å². The number of imidazole rings is 1. The molecule has 3 N–H and O–H groups in total. The molecule has 27 heavy (non-hydrogen) atoms. The second-order valence-corrected chi connectivity index (χ2v) is 6.67. The van der Waals surface area contributed by atoms with Gasteiger partial charge in [-0.15, -0.1) is 0 Å². The molecule has 7 heteroatoms. The van der Waals surface area contributed by atoms with Crippen molar-refractivity contribution in [2.24, 2.45) is 5.73 Å². The molecule has 4 rings (SSSR count). The van der Waals surface area contributed by atoms with Gasteiger partial charge in [0.15, 0.2) is 17.2 Å². The van der Waals surface area contributed by atoms with Crippen molar-refractivity contribution >= 4 is 22.9 Å². The number of carbonyl (C=O) groups excluding carboxylic acids is 1. The zero-order chi connectivity index (χ0) is 19.0. The molecule has 1 aliphatic rings. The number of ether oxygens (including phenoxy) is 1. The van der Waals surface area contributed by atoms with Crippen LogP contribution in [-0.4, -0.2) is 27.3 Å². The normalized spacial score (nSPS) is 17.0. The first-order valence-corrected chi connectivity index (χ1v) is 8.81. The van der Waals surface area contributed by atoms with Crippen molar-refractivity contribution in [3.8, 4) is 5.75 Å². The summed E-state index contributed by atoms with van der Waals surface area (Å²) in [6.07, 6.45) is 8.49. The predicted octanol–water partition coefficient (Wildman–Crippen LogP) is 3.08. The van der Waals surface area contributed by atoms with Gasteiger partial charge in [0.2, 0.25) is 0 Å². The lowest BCUT2D eigenvalue weighted by Gasteiger charge is -2.19. The van der Waals surface area contributed by atoms with Gasteiger partial charge in [0, 0.05) is 42.7 Å². The summed E-state index contributed by atoms with van der Waals surface area (Å²) in [5.41, 5.74) is 9.65. The number of Topliss-reactive ketones (excluding diaryl/α,β-unsaturated/α-hetero) is 1. The van der Waals surface area contributed by atoms with Crippen LogP contribution in [0.25, 0.3) is 5.65 Å². The van der Waals surface area contributed by atoms with Gasteiger partial charge >= 0.3 is 0 Å². The highest BCUT2D eigenvalue weighted by atomic mass is 16.5. The smallest absolute Gasteiger partial charge is 0.180 e. The van der Waals surface area contributed by atoms with E-state index in [1.54, 1.807) is 19.4 Å². The van der Waals surface area contributed by atoms with Crippen LogP contribution in [0.3, 0.4) is 0 Å². The standard InChI is InChI=1S/C20H21N5O2/c1-12-3-5-14(10-18(12)27-2)23-19-20-22-7-8-25(20)11-16(24-19)13-4-6-17(26)15(21)9-13/h3,5,7-11,13H,4,6,21H2,1-2H3,(H,23,24). The number of benzene rings is 1. The fraction of sp³-hybridized carbons (Fsp3) is 0.250. The molecule has 2 aromatic heterocycles. The van der Waals surface area contributed by atoms with E-state index in [1.807, 2.05) is 41.9 Å². The quantitative estimate of drug-likeness (QED) is 0.740. The first kappa shape index (κ1) is 17.1. The number of methoxy groups -OCH3 is 1. The molecule has 1 unspecified atom stereocenters. The number of hydrogen-bond donors (Lipinski definition) is 2. The van der Waals surface area contributed by atoms with Crippen LogP contribution in [0.1, 0.15) is 30.0 Å². The van der Waals surface area contributed by atoms with Crippen molar-refractivity contribution in [3.63, 3.8) is 0 Å². The highest BCUT2D eigenvalue weighted by Crippen LogP contribution is 2.30. The summed E-state index contributed by atoms with van der Waals surface area (Å²) in [6, 6.07) is 5.90. The molecule has 1 atom stereocenters. The molecule has 0 radical (unpaired) electrons. The van der Waals surface area contributed by atoms with E-state index < -0.39 is 0 Å². The zero-order valence-corrected chi connectivity index (χ0v) is 15.3. The molecule has 0 bridgehead atoms. The first-order chi connectivity index (χ1) is 13.0. The minimum Gasteiger partial charge on any atom is -0.496 e. The number of allylic oxidation sites excluding steroid dienone is 2. The summed E-state index contributed by atoms with van der Waals surface area (Å²) in [5.74, 6) is 1.45. The summed E-state index contributed by atoms with van der Waals surface area (Å²) in [7, 11) is 1.65. The lowest BCUT2D eigenvalue weighted by Crippen LogP contribution is -2.19. The Morgan fingerprint density at radius 2 is 2.22 bits per heavy atom. The highest BCUT2D eigenvalue weighted by Gasteiger charge is 2.22. The van der Waals surface area contributed by atoms with Crippen LogP contribution in [-0.2, 0) is 4.79 Å². The van der Waals surface area contributed by atoms with E-state index in [-0.39, 0.29) is 11.7 Å². The summed E-state index contributed by atoms with van der Waals surface area (Å²) in [5, 5.41) is 3.34. The van der Waals surface area contributed by atoms with Gasteiger partial charge in [-0.2, -0.15) is 0 Å². The maximum Gasteiger partial charge on any atom is 0.180 e. The molecule has 2 heterocycles. The van der Waals surface area contributed by atoms with E-state index in [1.165, 1.54) is 0 Å². The van der Waals surface area contributed by atoms with Crippen molar-refractivity contribution in [3.05, 3.63) is 59.8 Å². The number of nitrogens with zero attached hydrogens (tertiary/aromatic N) is 3. The number of anilines is 2. The lowest BCUT2D eigenvalue weighted by atomic mass is 9.91. The molecule has 1 aromatic carbocycles. The van der Waals surface area contributed by atoms with Crippen LogP contribution >= 0.6 is 0 Å². The van der Waals surface area contributed by atoms with E-state index in [0.717, 1.165) is 28.3 Å². The fourth-order valence-corrected chi connectivity index (χ4v) is 3.31. The number of ketones is 1. The molecule has 0 aliphatic heterocycles. The maximum absolute atomic E-state index is 11.7. The Hall–Kier alpha value is -3.35. The highest BCUT2D eigenvalue weighted by molar-refractivity contribution is 5.95. The second kappa shape index (κ2) is 6.75. The number of carbonyl (C=O) groups is 1. The van der Waals surface area contributed by atoms with Crippen molar-refractivity contribution in [1.82, 2.24) is 14.4 Å². The minimum atomic E-state index is 0.0000535. The van der Waals surface area contributed by atoms with Crippen LogP contribution in [0.5, 0.6) is 5.75 Å². The molecule has 0 saturated carbocycles. The Balaban J connectivity index is 1.74. The van der Waals surface area contributed by atoms with E-state index in [0.29, 0.717) is 24.4 Å². The van der Waals surface area contributed by atoms with E-state index in [4.69, 9.17) is 15.5 Å². The third-order valence-corrected chi connectivity index (χ3v) is 4.83. The van der Waals surface area contributed by atoms with Gasteiger partial charge in [-0.25, -0.2) is 9.97 Å². The van der Waals surface area contributed by atoms with Crippen LogP contribution in [0.15, 0.2) is 48.6 Å². The largest absolute Gasteiger partial charge is 0.496 e. The molecule has 0 saturated heterocycles. The Kier molecular flexibility index (Phi) is 4.27. The molecular weight excluding hydrogens is 342 g/mol. The summed E-state index contributed by atoms with van der Waals surface area (Å²) >= 11 is 0. The third-order valence-electron chi connectivity index (χ3n) is 4.83. The lowest BCUT2D eigenvalue weighted by molar-refractivity contribution is -0.116. The van der Waals surface area contributed by atoms with Gasteiger partial charge in [0.1, 0.15) is 5.75 Å². The number of aromatic nitrogens is 3. The van der Waals surface area contributed by atoms with Gasteiger partial charge in [-0.1, -0.05) is 6.07 Å². The van der Waals surface area contributed by atoms with Gasteiger partial charge in [0.05, 0.1) is 18.5 Å². The topological polar surface area (TPSA) is 94.5 Å². The fourth-order valence-electron chi connectivity index (χ4n) is 3.31. The van der Waals surface area contributed by atoms with Crippen LogP contribution < -0.4 is 15.8 Å². The Labute approximate surface area is 156 Å². The number of nitrogens with one attached hydrogen (secondary N) is 1. The van der Waals surface area contributed by atoms with E-state index in [2.05, 4.69) is 10.3 Å². The predicted molar refractivity (Wildman–Crippen MR) is 103 cm³/mol. The summed E-state index contributed by atoms with van der Waals surface area (Å²) < 4.78 is 7.33. The van der Waals surface area contributed by atoms with Crippen molar-refractivity contribution in [1.29, 1.82) is 0 Å². The number of rotatable bonds is 4.